The highest BCUT2D eigenvalue weighted by atomic mass is 35.7. The van der Waals surface area contributed by atoms with Crippen molar-refractivity contribution in [3.05, 3.63) is 0 Å². The molecule has 1 unspecified atom stereocenters. The molecule has 0 aromatic rings. The van der Waals surface area contributed by atoms with Gasteiger partial charge < -0.3 is 0 Å². The summed E-state index contributed by atoms with van der Waals surface area (Å²) in [6.45, 7) is -2.82. The molecule has 5 heavy (non-hydrogen) atoms. The van der Waals surface area contributed by atoms with Crippen molar-refractivity contribution in [3.63, 3.8) is 0 Å². The predicted octanol–water partition coefficient (Wildman–Crippen LogP) is 2.02. The number of hydrogen-bond donors (Lipinski definition) is 0. The molecule has 0 bridgehead atoms. The molecule has 0 radical (unpaired) electrons. The summed E-state index contributed by atoms with van der Waals surface area (Å²) in [5.74, 6) is 0. The van der Waals surface area contributed by atoms with E-state index in [0.29, 0.717) is 0 Å². The first kappa shape index (κ1) is 5.45. The van der Waals surface area contributed by atoms with E-state index in [-0.39, 0.29) is 0 Å². The molecule has 0 rings (SSSR count). The van der Waals surface area contributed by atoms with E-state index >= 15 is 0 Å². The summed E-state index contributed by atoms with van der Waals surface area (Å²) in [4.78, 5) is 0. The highest BCUT2D eigenvalue weighted by molar-refractivity contribution is 7.84. The fraction of sp³-hybridized carbons (Fsp3) is 1.00. The van der Waals surface area contributed by atoms with Crippen LogP contribution in [0.15, 0.2) is 0 Å². The largest absolute Gasteiger partial charge is 0.324 e. The minimum Gasteiger partial charge on any atom is -0.270 e. The van der Waals surface area contributed by atoms with E-state index in [1.807, 2.05) is 0 Å². The molecule has 0 saturated carbocycles. The first-order valence-corrected chi connectivity index (χ1v) is 3.92. The van der Waals surface area contributed by atoms with Gasteiger partial charge in [0.2, 0.25) is 0 Å². The van der Waals surface area contributed by atoms with Gasteiger partial charge in [0.15, 0.2) is 0 Å². The van der Waals surface area contributed by atoms with Gasteiger partial charge in [0.1, 0.15) is 0 Å². The van der Waals surface area contributed by atoms with Gasteiger partial charge in [-0.15, -0.1) is 0 Å². The molecule has 0 fully saturated rings. The fourth-order valence-electron chi connectivity index (χ4n) is 0. The normalized spacial score (nSPS) is 21.4. The van der Waals surface area contributed by atoms with E-state index in [1.165, 1.54) is 0 Å². The maximum Gasteiger partial charge on any atom is 0.324 e. The molecule has 4 heteroatoms. The topological polar surface area (TPSA) is 17.1 Å². The highest BCUT2D eigenvalue weighted by Crippen LogP contribution is 2.48. The zero-order valence-corrected chi connectivity index (χ0v) is 4.26. The zero-order chi connectivity index (χ0) is 4.50. The van der Waals surface area contributed by atoms with Crippen LogP contribution in [0.5, 0.6) is 0 Å². The molecule has 0 N–H and O–H groups in total. The second kappa shape index (κ2) is 1.27. The third kappa shape index (κ3) is 132. The van der Waals surface area contributed by atoms with Gasteiger partial charge in [0, 0.05) is 6.66 Å². The van der Waals surface area contributed by atoms with Gasteiger partial charge in [-0.25, -0.2) is 0 Å². The quantitative estimate of drug-likeness (QED) is 0.443. The van der Waals surface area contributed by atoms with Crippen molar-refractivity contribution < 1.29 is 8.76 Å². The Bertz CT molecular complexity index is 57.8. The van der Waals surface area contributed by atoms with Crippen LogP contribution in [0.25, 0.3) is 0 Å². The molecular weight excluding hydrogens is 113 g/mol. The summed E-state index contributed by atoms with van der Waals surface area (Å²) in [6.07, 6.45) is 0. The Hall–Kier alpha value is 0.450. The van der Waals surface area contributed by atoms with Crippen molar-refractivity contribution in [2.24, 2.45) is 0 Å². The monoisotopic (exact) mass is 116 g/mol. The lowest BCUT2D eigenvalue weighted by Gasteiger charge is -1.76. The van der Waals surface area contributed by atoms with Crippen LogP contribution >= 0.6 is 18.0 Å². The second-order valence-electron chi connectivity index (χ2n) is 0.723. The number of rotatable bonds is 0. The molecular formula is CH3ClFOP. The van der Waals surface area contributed by atoms with Crippen LogP contribution < -0.4 is 0 Å². The zero-order valence-electron chi connectivity index (χ0n) is 2.61. The van der Waals surface area contributed by atoms with Crippen molar-refractivity contribution in [1.82, 2.24) is 0 Å². The van der Waals surface area contributed by atoms with Crippen molar-refractivity contribution in [2.45, 2.75) is 0 Å². The standard InChI is InChI=1S/CH3ClFOP/c1-5(2,3)4/h1H3. The molecule has 0 saturated heterocycles. The molecule has 0 amide bonds. The molecule has 1 atom stereocenters. The highest BCUT2D eigenvalue weighted by Gasteiger charge is 2.01. The van der Waals surface area contributed by atoms with Crippen LogP contribution in [0.4, 0.5) is 4.20 Å². The van der Waals surface area contributed by atoms with Crippen LogP contribution in [0, 0.1) is 0 Å². The molecule has 0 aromatic heterocycles. The summed E-state index contributed by atoms with van der Waals surface area (Å²) in [5, 5.41) is 0. The Labute approximate surface area is 34.4 Å². The Morgan fingerprint density at radius 3 is 2.00 bits per heavy atom. The average Bonchev–Trinajstić information content (AvgIpc) is 0.722. The van der Waals surface area contributed by atoms with Crippen molar-refractivity contribution in [3.8, 4) is 0 Å². The van der Waals surface area contributed by atoms with Crippen LogP contribution in [0.1, 0.15) is 0 Å². The van der Waals surface area contributed by atoms with Crippen LogP contribution in [-0.4, -0.2) is 6.66 Å². The van der Waals surface area contributed by atoms with Crippen LogP contribution in [0.3, 0.4) is 0 Å². The fourth-order valence-corrected chi connectivity index (χ4v) is 0. The Morgan fingerprint density at radius 2 is 2.00 bits per heavy atom. The van der Waals surface area contributed by atoms with Gasteiger partial charge >= 0.3 is 6.81 Å². The molecule has 0 aromatic carbocycles. The smallest absolute Gasteiger partial charge is 0.270 e. The molecule has 0 aliphatic heterocycles. The van der Waals surface area contributed by atoms with Crippen LogP contribution in [-0.2, 0) is 4.57 Å². The van der Waals surface area contributed by atoms with E-state index in [9.17, 15) is 8.76 Å². The lowest BCUT2D eigenvalue weighted by Crippen LogP contribution is -1.40. The van der Waals surface area contributed by atoms with Gasteiger partial charge in [0.25, 0.3) is 0 Å². The first-order chi connectivity index (χ1) is 2.00. The molecule has 0 aliphatic carbocycles. The Balaban J connectivity index is 3.47. The van der Waals surface area contributed by atoms with Gasteiger partial charge in [0.05, 0.1) is 0 Å². The lowest BCUT2D eigenvalue weighted by molar-refractivity contribution is 0.559. The van der Waals surface area contributed by atoms with E-state index in [4.69, 9.17) is 0 Å². The summed E-state index contributed by atoms with van der Waals surface area (Å²) in [6, 6.07) is 0. The van der Waals surface area contributed by atoms with Crippen LogP contribution in [0.2, 0.25) is 0 Å². The first-order valence-electron chi connectivity index (χ1n) is 0.968. The average molecular weight is 116 g/mol. The Kier molecular flexibility index (Phi) is 1.39. The summed E-state index contributed by atoms with van der Waals surface area (Å²) < 4.78 is 20.3. The van der Waals surface area contributed by atoms with Crippen molar-refractivity contribution in [2.75, 3.05) is 6.66 Å². The lowest BCUT2D eigenvalue weighted by atomic mass is 12.0. The van der Waals surface area contributed by atoms with E-state index in [2.05, 4.69) is 11.2 Å². The maximum atomic E-state index is 11.0. The van der Waals surface area contributed by atoms with E-state index < -0.39 is 6.81 Å². The predicted molar refractivity (Wildman–Crippen MR) is 20.5 cm³/mol. The van der Waals surface area contributed by atoms with Gasteiger partial charge in [-0.3, -0.25) is 4.57 Å². The van der Waals surface area contributed by atoms with Crippen molar-refractivity contribution in [1.29, 1.82) is 0 Å². The minimum absolute atomic E-state index is 0.842. The second-order valence-corrected chi connectivity index (χ2v) is 3.98. The summed E-state index contributed by atoms with van der Waals surface area (Å²) in [7, 11) is 0. The molecule has 0 spiro atoms. The van der Waals surface area contributed by atoms with E-state index in [0.717, 1.165) is 6.66 Å². The van der Waals surface area contributed by atoms with Gasteiger partial charge in [-0.2, -0.15) is 4.20 Å². The summed E-state index contributed by atoms with van der Waals surface area (Å²) >= 11 is 4.42. The number of halogens is 2. The SMILES string of the molecule is CP(=O)(F)Cl. The molecule has 0 aliphatic rings. The maximum absolute atomic E-state index is 11.0. The van der Waals surface area contributed by atoms with E-state index in [1.54, 1.807) is 0 Å². The Morgan fingerprint density at radius 1 is 2.00 bits per heavy atom. The summed E-state index contributed by atoms with van der Waals surface area (Å²) in [5.41, 5.74) is 0. The molecule has 1 nitrogen and oxygen atoms in total. The molecule has 0 heterocycles. The minimum atomic E-state index is -3.67. The third-order valence-electron chi connectivity index (χ3n) is 0. The third-order valence-corrected chi connectivity index (χ3v) is 0. The van der Waals surface area contributed by atoms with Gasteiger partial charge in [-0.1, -0.05) is 0 Å². The van der Waals surface area contributed by atoms with Crippen molar-refractivity contribution >= 4 is 18.0 Å². The van der Waals surface area contributed by atoms with Gasteiger partial charge in [-0.05, 0) is 11.2 Å². The number of hydrogen-bond acceptors (Lipinski definition) is 1. The molecule has 32 valence electrons.